The Morgan fingerprint density at radius 2 is 2.20 bits per heavy atom. The van der Waals surface area contributed by atoms with E-state index in [4.69, 9.17) is 9.47 Å². The Labute approximate surface area is 91.4 Å². The lowest BCUT2D eigenvalue weighted by Gasteiger charge is -2.20. The molecule has 1 saturated heterocycles. The number of hydrogen-bond acceptors (Lipinski definition) is 3. The highest BCUT2D eigenvalue weighted by Crippen LogP contribution is 2.15. The van der Waals surface area contributed by atoms with Crippen molar-refractivity contribution >= 4 is 5.97 Å². The van der Waals surface area contributed by atoms with Crippen molar-refractivity contribution in [3.8, 4) is 0 Å². The fraction of sp³-hybridized carbons (Fsp3) is 0.750. The predicted molar refractivity (Wildman–Crippen MR) is 58.5 cm³/mol. The molecule has 1 aliphatic heterocycles. The monoisotopic (exact) mass is 212 g/mol. The summed E-state index contributed by atoms with van der Waals surface area (Å²) in [7, 11) is 0. The van der Waals surface area contributed by atoms with Crippen molar-refractivity contribution in [2.45, 2.75) is 39.2 Å². The summed E-state index contributed by atoms with van der Waals surface area (Å²) < 4.78 is 10.5. The molecule has 15 heavy (non-hydrogen) atoms. The van der Waals surface area contributed by atoms with E-state index >= 15 is 0 Å². The zero-order valence-corrected chi connectivity index (χ0v) is 9.79. The van der Waals surface area contributed by atoms with E-state index in [1.807, 2.05) is 26.8 Å². The summed E-state index contributed by atoms with van der Waals surface area (Å²) >= 11 is 0. The molecule has 1 atom stereocenters. The van der Waals surface area contributed by atoms with Gasteiger partial charge in [-0.3, -0.25) is 0 Å². The van der Waals surface area contributed by atoms with E-state index in [2.05, 4.69) is 0 Å². The maximum Gasteiger partial charge on any atom is 0.330 e. The molecule has 1 heterocycles. The van der Waals surface area contributed by atoms with Gasteiger partial charge in [-0.1, -0.05) is 6.08 Å². The fourth-order valence-corrected chi connectivity index (χ4v) is 1.47. The molecule has 0 aromatic carbocycles. The van der Waals surface area contributed by atoms with Gasteiger partial charge >= 0.3 is 5.97 Å². The topological polar surface area (TPSA) is 35.5 Å². The van der Waals surface area contributed by atoms with Crippen molar-refractivity contribution < 1.29 is 14.3 Å². The van der Waals surface area contributed by atoms with Crippen molar-refractivity contribution in [1.29, 1.82) is 0 Å². The van der Waals surface area contributed by atoms with E-state index < -0.39 is 5.60 Å². The van der Waals surface area contributed by atoms with Crippen LogP contribution >= 0.6 is 0 Å². The number of carbonyl (C=O) groups is 1. The second-order valence-corrected chi connectivity index (χ2v) is 4.87. The normalized spacial score (nSPS) is 23.0. The highest BCUT2D eigenvalue weighted by atomic mass is 16.6. The molecule has 0 bridgehead atoms. The van der Waals surface area contributed by atoms with E-state index in [-0.39, 0.29) is 5.97 Å². The molecule has 0 amide bonds. The minimum absolute atomic E-state index is 0.270. The lowest BCUT2D eigenvalue weighted by Crippen LogP contribution is -2.23. The number of hydrogen-bond donors (Lipinski definition) is 0. The Morgan fingerprint density at radius 3 is 2.73 bits per heavy atom. The molecule has 3 nitrogen and oxygen atoms in total. The molecule has 0 aliphatic carbocycles. The zero-order valence-electron chi connectivity index (χ0n) is 9.79. The van der Waals surface area contributed by atoms with Crippen LogP contribution in [0.4, 0.5) is 0 Å². The minimum Gasteiger partial charge on any atom is -0.457 e. The van der Waals surface area contributed by atoms with Gasteiger partial charge in [0.05, 0.1) is 6.61 Å². The molecule has 0 aromatic heterocycles. The number of carbonyl (C=O) groups excluding carboxylic acids is 1. The molecule has 0 N–H and O–H groups in total. The second kappa shape index (κ2) is 5.31. The van der Waals surface area contributed by atoms with Crippen LogP contribution in [0.15, 0.2) is 12.2 Å². The summed E-state index contributed by atoms with van der Waals surface area (Å²) in [5, 5.41) is 0. The van der Waals surface area contributed by atoms with E-state index in [1.165, 1.54) is 6.08 Å². The molecule has 0 aromatic rings. The molecule has 0 radical (unpaired) electrons. The van der Waals surface area contributed by atoms with Gasteiger partial charge in [-0.15, -0.1) is 0 Å². The van der Waals surface area contributed by atoms with Gasteiger partial charge < -0.3 is 9.47 Å². The van der Waals surface area contributed by atoms with Crippen LogP contribution in [-0.2, 0) is 14.3 Å². The third kappa shape index (κ3) is 5.57. The Hall–Kier alpha value is -0.830. The van der Waals surface area contributed by atoms with Crippen LogP contribution < -0.4 is 0 Å². The summed E-state index contributed by atoms with van der Waals surface area (Å²) in [6.45, 7) is 7.16. The molecule has 1 fully saturated rings. The van der Waals surface area contributed by atoms with Crippen LogP contribution in [0.5, 0.6) is 0 Å². The number of ether oxygens (including phenoxy) is 2. The highest BCUT2D eigenvalue weighted by Gasteiger charge is 2.15. The summed E-state index contributed by atoms with van der Waals surface area (Å²) in [6.07, 6.45) is 5.58. The van der Waals surface area contributed by atoms with Gasteiger partial charge in [0.2, 0.25) is 0 Å². The molecular formula is C12H20O3. The molecule has 0 spiro atoms. The van der Waals surface area contributed by atoms with E-state index in [0.29, 0.717) is 5.92 Å². The van der Waals surface area contributed by atoms with Crippen molar-refractivity contribution in [3.63, 3.8) is 0 Å². The Morgan fingerprint density at radius 1 is 1.47 bits per heavy atom. The van der Waals surface area contributed by atoms with Crippen LogP contribution in [0.25, 0.3) is 0 Å². The molecule has 1 aliphatic rings. The number of esters is 1. The first-order valence-electron chi connectivity index (χ1n) is 5.46. The van der Waals surface area contributed by atoms with Gasteiger partial charge in [-0.05, 0) is 33.6 Å². The maximum absolute atomic E-state index is 11.4. The van der Waals surface area contributed by atoms with Crippen LogP contribution in [0, 0.1) is 5.92 Å². The van der Waals surface area contributed by atoms with Crippen molar-refractivity contribution in [3.05, 3.63) is 12.2 Å². The van der Waals surface area contributed by atoms with Gasteiger partial charge in [0.25, 0.3) is 0 Å². The fourth-order valence-electron chi connectivity index (χ4n) is 1.47. The average molecular weight is 212 g/mol. The largest absolute Gasteiger partial charge is 0.457 e. The van der Waals surface area contributed by atoms with Gasteiger partial charge in [-0.25, -0.2) is 4.79 Å². The second-order valence-electron chi connectivity index (χ2n) is 4.87. The summed E-state index contributed by atoms with van der Waals surface area (Å²) in [6, 6.07) is 0. The number of rotatable bonds is 2. The molecule has 1 rings (SSSR count). The average Bonchev–Trinajstić information content (AvgIpc) is 2.14. The molecular weight excluding hydrogens is 192 g/mol. The van der Waals surface area contributed by atoms with Gasteiger partial charge in [-0.2, -0.15) is 0 Å². The maximum atomic E-state index is 11.4. The van der Waals surface area contributed by atoms with Crippen LogP contribution in [0.3, 0.4) is 0 Å². The zero-order chi connectivity index (χ0) is 11.3. The Bertz CT molecular complexity index is 232. The predicted octanol–water partition coefficient (Wildman–Crippen LogP) is 2.31. The molecule has 1 unspecified atom stereocenters. The molecule has 0 saturated carbocycles. The molecule has 86 valence electrons. The first-order chi connectivity index (χ1) is 6.97. The Balaban J connectivity index is 2.33. The van der Waals surface area contributed by atoms with E-state index in [0.717, 1.165) is 26.1 Å². The SMILES string of the molecule is CC(C)(C)OC(=O)/C=C/C1CCCOC1. The van der Waals surface area contributed by atoms with Crippen LogP contribution in [0.1, 0.15) is 33.6 Å². The minimum atomic E-state index is -0.412. The summed E-state index contributed by atoms with van der Waals surface area (Å²) in [5.41, 5.74) is -0.412. The third-order valence-corrected chi connectivity index (χ3v) is 2.11. The van der Waals surface area contributed by atoms with Crippen molar-refractivity contribution in [1.82, 2.24) is 0 Å². The first-order valence-corrected chi connectivity index (χ1v) is 5.46. The van der Waals surface area contributed by atoms with Crippen LogP contribution in [-0.4, -0.2) is 24.8 Å². The van der Waals surface area contributed by atoms with Crippen LogP contribution in [0.2, 0.25) is 0 Å². The van der Waals surface area contributed by atoms with Crippen molar-refractivity contribution in [2.24, 2.45) is 5.92 Å². The molecule has 3 heteroatoms. The van der Waals surface area contributed by atoms with Gasteiger partial charge in [0.1, 0.15) is 5.60 Å². The quantitative estimate of drug-likeness (QED) is 0.520. The summed E-state index contributed by atoms with van der Waals surface area (Å²) in [5.74, 6) is 0.0966. The summed E-state index contributed by atoms with van der Waals surface area (Å²) in [4.78, 5) is 11.4. The van der Waals surface area contributed by atoms with Crippen molar-refractivity contribution in [2.75, 3.05) is 13.2 Å². The smallest absolute Gasteiger partial charge is 0.330 e. The lowest BCUT2D eigenvalue weighted by molar-refractivity contribution is -0.148. The van der Waals surface area contributed by atoms with Gasteiger partial charge in [0.15, 0.2) is 0 Å². The third-order valence-electron chi connectivity index (χ3n) is 2.11. The van der Waals surface area contributed by atoms with E-state index in [9.17, 15) is 4.79 Å². The lowest BCUT2D eigenvalue weighted by atomic mass is 10.0. The standard InChI is InChI=1S/C12H20O3/c1-12(2,3)15-11(13)7-6-10-5-4-8-14-9-10/h6-7,10H,4-5,8-9H2,1-3H3/b7-6+. The van der Waals surface area contributed by atoms with E-state index in [1.54, 1.807) is 0 Å². The van der Waals surface area contributed by atoms with Gasteiger partial charge in [0, 0.05) is 18.6 Å². The Kier molecular flexibility index (Phi) is 4.33. The highest BCUT2D eigenvalue weighted by molar-refractivity contribution is 5.82. The first kappa shape index (κ1) is 12.2.